The number of nitrogens with zero attached hydrogens (tertiary/aromatic N) is 4. The molecule has 8 nitrogen and oxygen atoms in total. The molecule has 0 unspecified atom stereocenters. The van der Waals surface area contributed by atoms with Crippen LogP contribution in [0.4, 0.5) is 5.95 Å². The number of hydrogen-bond donors (Lipinski definition) is 1. The number of benzene rings is 1. The fourth-order valence-corrected chi connectivity index (χ4v) is 4.84. The minimum atomic E-state index is -0.0935. The van der Waals surface area contributed by atoms with E-state index in [0.717, 1.165) is 16.0 Å². The third-order valence-corrected chi connectivity index (χ3v) is 6.80. The highest BCUT2D eigenvalue weighted by atomic mass is 32.1. The minimum Gasteiger partial charge on any atom is -0.378 e. The number of morpholine rings is 1. The number of rotatable bonds is 5. The van der Waals surface area contributed by atoms with Crippen LogP contribution >= 0.6 is 11.3 Å². The number of pyridine rings is 1. The van der Waals surface area contributed by atoms with Gasteiger partial charge in [-0.3, -0.25) is 19.1 Å². The molecule has 1 saturated heterocycles. The van der Waals surface area contributed by atoms with Crippen molar-refractivity contribution >= 4 is 33.4 Å². The Labute approximate surface area is 194 Å². The molecule has 3 aromatic heterocycles. The van der Waals surface area contributed by atoms with Crippen LogP contribution < -0.4 is 10.9 Å². The molecule has 0 spiro atoms. The average Bonchev–Trinajstić information content (AvgIpc) is 3.30. The SMILES string of the molecule is Cn1c(NCc2cccnc2)nc2cc(-c3ccc(C(=O)N4CCOCC4)cc3)sc2c1=O. The van der Waals surface area contributed by atoms with Gasteiger partial charge in [0.15, 0.2) is 0 Å². The Bertz CT molecular complexity index is 1340. The predicted molar refractivity (Wildman–Crippen MR) is 129 cm³/mol. The lowest BCUT2D eigenvalue weighted by Gasteiger charge is -2.26. The van der Waals surface area contributed by atoms with Gasteiger partial charge in [0, 0.05) is 49.5 Å². The zero-order valence-electron chi connectivity index (χ0n) is 18.2. The standard InChI is InChI=1S/C24H23N5O3S/c1-28-23(31)21-19(27-24(28)26-15-16-3-2-8-25-14-16)13-20(33-21)17-4-6-18(7-5-17)22(30)29-9-11-32-12-10-29/h2-8,13-14H,9-12,15H2,1H3,(H,26,27). The lowest BCUT2D eigenvalue weighted by Crippen LogP contribution is -2.40. The molecule has 4 aromatic rings. The van der Waals surface area contributed by atoms with Crippen molar-refractivity contribution in [2.24, 2.45) is 7.05 Å². The topological polar surface area (TPSA) is 89.3 Å². The highest BCUT2D eigenvalue weighted by Crippen LogP contribution is 2.31. The van der Waals surface area contributed by atoms with Gasteiger partial charge in [0.05, 0.1) is 18.7 Å². The predicted octanol–water partition coefficient (Wildman–Crippen LogP) is 3.14. The number of hydrogen-bond acceptors (Lipinski definition) is 7. The second-order valence-corrected chi connectivity index (χ2v) is 8.87. The average molecular weight is 462 g/mol. The Kier molecular flexibility index (Phi) is 5.89. The van der Waals surface area contributed by atoms with Gasteiger partial charge < -0.3 is 15.0 Å². The number of nitrogens with one attached hydrogen (secondary N) is 1. The van der Waals surface area contributed by atoms with Crippen LogP contribution in [-0.2, 0) is 18.3 Å². The molecule has 5 rings (SSSR count). The number of carbonyl (C=O) groups excluding carboxylic acids is 1. The number of anilines is 1. The highest BCUT2D eigenvalue weighted by Gasteiger charge is 2.19. The number of ether oxygens (including phenoxy) is 1. The van der Waals surface area contributed by atoms with Gasteiger partial charge in [-0.2, -0.15) is 0 Å². The summed E-state index contributed by atoms with van der Waals surface area (Å²) in [7, 11) is 1.71. The van der Waals surface area contributed by atoms with Crippen molar-refractivity contribution in [2.45, 2.75) is 6.54 Å². The fraction of sp³-hybridized carbons (Fsp3) is 0.250. The molecular weight excluding hydrogens is 438 g/mol. The Balaban J connectivity index is 1.39. The molecule has 9 heteroatoms. The third-order valence-electron chi connectivity index (χ3n) is 5.64. The summed E-state index contributed by atoms with van der Waals surface area (Å²) in [5.41, 5.74) is 3.16. The summed E-state index contributed by atoms with van der Waals surface area (Å²) >= 11 is 1.41. The van der Waals surface area contributed by atoms with Gasteiger partial charge >= 0.3 is 0 Å². The third kappa shape index (κ3) is 4.37. The molecule has 0 saturated carbocycles. The van der Waals surface area contributed by atoms with Crippen molar-refractivity contribution in [3.63, 3.8) is 0 Å². The molecule has 1 N–H and O–H groups in total. The van der Waals surface area contributed by atoms with Crippen molar-refractivity contribution < 1.29 is 9.53 Å². The minimum absolute atomic E-state index is 0.0149. The Morgan fingerprint density at radius 2 is 1.97 bits per heavy atom. The molecule has 0 aliphatic carbocycles. The normalized spacial score (nSPS) is 13.9. The van der Waals surface area contributed by atoms with E-state index in [2.05, 4.69) is 15.3 Å². The van der Waals surface area contributed by atoms with E-state index in [9.17, 15) is 9.59 Å². The second-order valence-electron chi connectivity index (χ2n) is 7.82. The van der Waals surface area contributed by atoms with Crippen molar-refractivity contribution in [1.29, 1.82) is 0 Å². The summed E-state index contributed by atoms with van der Waals surface area (Å²) in [6, 6.07) is 13.3. The molecule has 1 aliphatic rings. The van der Waals surface area contributed by atoms with Gasteiger partial charge in [0.2, 0.25) is 5.95 Å². The van der Waals surface area contributed by atoms with Crippen LogP contribution in [0.5, 0.6) is 0 Å². The number of aromatic nitrogens is 3. The van der Waals surface area contributed by atoms with E-state index in [1.54, 1.807) is 19.4 Å². The van der Waals surface area contributed by atoms with E-state index in [0.29, 0.717) is 54.6 Å². The Morgan fingerprint density at radius 1 is 1.18 bits per heavy atom. The quantitative estimate of drug-likeness (QED) is 0.491. The van der Waals surface area contributed by atoms with Gasteiger partial charge in [-0.15, -0.1) is 11.3 Å². The van der Waals surface area contributed by atoms with Crippen LogP contribution in [0.15, 0.2) is 59.7 Å². The van der Waals surface area contributed by atoms with Crippen LogP contribution in [0.3, 0.4) is 0 Å². The maximum Gasteiger partial charge on any atom is 0.272 e. The highest BCUT2D eigenvalue weighted by molar-refractivity contribution is 7.22. The number of amides is 1. The van der Waals surface area contributed by atoms with Crippen LogP contribution in [0.1, 0.15) is 15.9 Å². The van der Waals surface area contributed by atoms with E-state index < -0.39 is 0 Å². The van der Waals surface area contributed by atoms with Gasteiger partial charge in [0.25, 0.3) is 11.5 Å². The number of fused-ring (bicyclic) bond motifs is 1. The number of carbonyl (C=O) groups is 1. The van der Waals surface area contributed by atoms with E-state index in [-0.39, 0.29) is 11.5 Å². The second kappa shape index (κ2) is 9.13. The van der Waals surface area contributed by atoms with Crippen LogP contribution in [0, 0.1) is 0 Å². The molecular formula is C24H23N5O3S. The summed E-state index contributed by atoms with van der Waals surface area (Å²) in [6.45, 7) is 2.90. The van der Waals surface area contributed by atoms with Crippen LogP contribution in [-0.4, -0.2) is 51.6 Å². The first-order valence-electron chi connectivity index (χ1n) is 10.7. The monoisotopic (exact) mass is 461 g/mol. The lowest BCUT2D eigenvalue weighted by molar-refractivity contribution is 0.0303. The fourth-order valence-electron chi connectivity index (χ4n) is 3.77. The van der Waals surface area contributed by atoms with Gasteiger partial charge in [-0.05, 0) is 35.4 Å². The molecule has 1 aliphatic heterocycles. The van der Waals surface area contributed by atoms with Gasteiger partial charge in [-0.1, -0.05) is 18.2 Å². The molecule has 0 radical (unpaired) electrons. The molecule has 1 amide bonds. The van der Waals surface area contributed by atoms with Crippen molar-refractivity contribution in [3.05, 3.63) is 76.3 Å². The molecule has 0 atom stereocenters. The summed E-state index contributed by atoms with van der Waals surface area (Å²) in [6.07, 6.45) is 3.50. The summed E-state index contributed by atoms with van der Waals surface area (Å²) in [5, 5.41) is 3.23. The molecule has 33 heavy (non-hydrogen) atoms. The first-order valence-corrected chi connectivity index (χ1v) is 11.5. The molecule has 168 valence electrons. The first kappa shape index (κ1) is 21.3. The number of thiophene rings is 1. The molecule has 4 heterocycles. The Morgan fingerprint density at radius 3 is 2.70 bits per heavy atom. The maximum atomic E-state index is 12.9. The van der Waals surface area contributed by atoms with E-state index in [1.165, 1.54) is 15.9 Å². The summed E-state index contributed by atoms with van der Waals surface area (Å²) in [4.78, 5) is 37.2. The van der Waals surface area contributed by atoms with Crippen molar-refractivity contribution in [3.8, 4) is 10.4 Å². The summed E-state index contributed by atoms with van der Waals surface area (Å²) in [5.74, 6) is 0.521. The largest absolute Gasteiger partial charge is 0.378 e. The summed E-state index contributed by atoms with van der Waals surface area (Å²) < 4.78 is 7.46. The van der Waals surface area contributed by atoms with Crippen LogP contribution in [0.25, 0.3) is 20.7 Å². The zero-order chi connectivity index (χ0) is 22.8. The smallest absolute Gasteiger partial charge is 0.272 e. The molecule has 1 aromatic carbocycles. The molecule has 1 fully saturated rings. The van der Waals surface area contributed by atoms with Crippen molar-refractivity contribution in [2.75, 3.05) is 31.6 Å². The van der Waals surface area contributed by atoms with Gasteiger partial charge in [0.1, 0.15) is 4.70 Å². The zero-order valence-corrected chi connectivity index (χ0v) is 19.0. The van der Waals surface area contributed by atoms with E-state index in [1.807, 2.05) is 47.4 Å². The Hall–Kier alpha value is -3.56. The molecule has 0 bridgehead atoms. The van der Waals surface area contributed by atoms with Crippen molar-refractivity contribution in [1.82, 2.24) is 19.4 Å². The van der Waals surface area contributed by atoms with E-state index >= 15 is 0 Å². The lowest BCUT2D eigenvalue weighted by atomic mass is 10.1. The van der Waals surface area contributed by atoms with Gasteiger partial charge in [-0.25, -0.2) is 4.98 Å². The maximum absolute atomic E-state index is 12.9. The van der Waals surface area contributed by atoms with Crippen LogP contribution in [0.2, 0.25) is 0 Å². The first-order chi connectivity index (χ1) is 16.1. The van der Waals surface area contributed by atoms with E-state index in [4.69, 9.17) is 4.74 Å².